The molecule has 0 heterocycles. The normalized spacial score (nSPS) is 7.22. The first-order valence-electron chi connectivity index (χ1n) is 2.51. The van der Waals surface area contributed by atoms with Gasteiger partial charge in [0.1, 0.15) is 0 Å². The molecule has 3 heteroatoms. The van der Waals surface area contributed by atoms with Gasteiger partial charge < -0.3 is 5.73 Å². The first-order valence-corrected chi connectivity index (χ1v) is 2.51. The number of carbonyl (C=O) groups excluding carboxylic acids is 2. The van der Waals surface area contributed by atoms with E-state index in [0.717, 1.165) is 0 Å². The molecule has 0 bridgehead atoms. The van der Waals surface area contributed by atoms with E-state index in [1.54, 1.807) is 6.92 Å². The fraction of sp³-hybridized carbons (Fsp3) is 0.333. The van der Waals surface area contributed by atoms with Gasteiger partial charge in [0.25, 0.3) is 5.91 Å². The number of amides is 1. The number of rotatable bonds is 1. The predicted octanol–water partition coefficient (Wildman–Crippen LogP) is -0.546. The zero-order valence-electron chi connectivity index (χ0n) is 5.10. The molecular weight excluding hydrogens is 118 g/mol. The van der Waals surface area contributed by atoms with E-state index in [9.17, 15) is 9.59 Å². The standard InChI is InChI=1S/C6H7NO2/c1-2-5(8)3-4-6(7)9/h2H2,1H3,(H2,7,9). The minimum atomic E-state index is -0.767. The van der Waals surface area contributed by atoms with Gasteiger partial charge in [-0.2, -0.15) is 0 Å². The van der Waals surface area contributed by atoms with Gasteiger partial charge in [-0.25, -0.2) is 0 Å². The van der Waals surface area contributed by atoms with Gasteiger partial charge in [0.15, 0.2) is 0 Å². The summed E-state index contributed by atoms with van der Waals surface area (Å²) in [7, 11) is 0. The van der Waals surface area contributed by atoms with Crippen LogP contribution in [-0.4, -0.2) is 11.7 Å². The molecule has 0 aliphatic carbocycles. The van der Waals surface area contributed by atoms with Crippen LogP contribution < -0.4 is 5.73 Å². The monoisotopic (exact) mass is 125 g/mol. The van der Waals surface area contributed by atoms with Crippen molar-refractivity contribution in [3.63, 3.8) is 0 Å². The van der Waals surface area contributed by atoms with Crippen LogP contribution in [0.3, 0.4) is 0 Å². The fourth-order valence-corrected chi connectivity index (χ4v) is 0.220. The van der Waals surface area contributed by atoms with Crippen molar-refractivity contribution < 1.29 is 9.59 Å². The second-order valence-electron chi connectivity index (χ2n) is 1.39. The maximum atomic E-state index is 10.3. The predicted molar refractivity (Wildman–Crippen MR) is 32.3 cm³/mol. The van der Waals surface area contributed by atoms with E-state index in [1.807, 2.05) is 5.92 Å². The number of nitrogens with two attached hydrogens (primary N) is 1. The SMILES string of the molecule is CCC(=O)C#CC(N)=O. The third-order valence-electron chi connectivity index (χ3n) is 0.646. The minimum Gasteiger partial charge on any atom is -0.359 e. The summed E-state index contributed by atoms with van der Waals surface area (Å²) in [6.07, 6.45) is 0.320. The van der Waals surface area contributed by atoms with Crippen LogP contribution in [-0.2, 0) is 9.59 Å². The van der Waals surface area contributed by atoms with Gasteiger partial charge in [0.2, 0.25) is 5.78 Å². The highest BCUT2D eigenvalue weighted by Gasteiger charge is 1.88. The van der Waals surface area contributed by atoms with E-state index in [4.69, 9.17) is 0 Å². The number of ketones is 1. The number of primary amides is 1. The highest BCUT2D eigenvalue weighted by atomic mass is 16.1. The molecule has 48 valence electrons. The lowest BCUT2D eigenvalue weighted by Gasteiger charge is -1.75. The van der Waals surface area contributed by atoms with Gasteiger partial charge in [-0.15, -0.1) is 0 Å². The molecule has 3 nitrogen and oxygen atoms in total. The van der Waals surface area contributed by atoms with Crippen LogP contribution >= 0.6 is 0 Å². The van der Waals surface area contributed by atoms with Gasteiger partial charge in [0, 0.05) is 12.3 Å². The first kappa shape index (κ1) is 7.70. The molecule has 9 heavy (non-hydrogen) atoms. The molecule has 0 aliphatic heterocycles. The Hall–Kier alpha value is -1.30. The highest BCUT2D eigenvalue weighted by Crippen LogP contribution is 1.74. The molecule has 0 unspecified atom stereocenters. The van der Waals surface area contributed by atoms with Crippen molar-refractivity contribution in [2.45, 2.75) is 13.3 Å². The molecule has 0 aromatic rings. The molecule has 2 N–H and O–H groups in total. The van der Waals surface area contributed by atoms with Crippen molar-refractivity contribution in [2.75, 3.05) is 0 Å². The number of hydrogen-bond donors (Lipinski definition) is 1. The van der Waals surface area contributed by atoms with Crippen molar-refractivity contribution in [3.05, 3.63) is 0 Å². The Labute approximate surface area is 53.2 Å². The molecule has 0 saturated heterocycles. The molecule has 0 aromatic heterocycles. The zero-order chi connectivity index (χ0) is 7.28. The molecule has 1 amide bonds. The Morgan fingerprint density at radius 3 is 2.33 bits per heavy atom. The van der Waals surface area contributed by atoms with Gasteiger partial charge in [-0.3, -0.25) is 9.59 Å². The topological polar surface area (TPSA) is 60.2 Å². The van der Waals surface area contributed by atoms with Crippen molar-refractivity contribution in [2.24, 2.45) is 5.73 Å². The Kier molecular flexibility index (Phi) is 3.14. The highest BCUT2D eigenvalue weighted by molar-refractivity contribution is 6.02. The van der Waals surface area contributed by atoms with Crippen LogP contribution in [0.25, 0.3) is 0 Å². The van der Waals surface area contributed by atoms with Crippen LogP contribution in [0.5, 0.6) is 0 Å². The van der Waals surface area contributed by atoms with E-state index in [0.29, 0.717) is 6.42 Å². The quantitative estimate of drug-likeness (QED) is 0.377. The Morgan fingerprint density at radius 2 is 2.00 bits per heavy atom. The van der Waals surface area contributed by atoms with E-state index < -0.39 is 5.91 Å². The fourth-order valence-electron chi connectivity index (χ4n) is 0.220. The molecule has 0 radical (unpaired) electrons. The Morgan fingerprint density at radius 1 is 1.44 bits per heavy atom. The van der Waals surface area contributed by atoms with E-state index >= 15 is 0 Å². The maximum Gasteiger partial charge on any atom is 0.293 e. The van der Waals surface area contributed by atoms with Gasteiger partial charge in [-0.05, 0) is 5.92 Å². The number of carbonyl (C=O) groups is 2. The van der Waals surface area contributed by atoms with Crippen molar-refractivity contribution in [1.29, 1.82) is 0 Å². The maximum absolute atomic E-state index is 10.3. The summed E-state index contributed by atoms with van der Waals surface area (Å²) in [4.78, 5) is 20.3. The second kappa shape index (κ2) is 3.67. The molecule has 0 aromatic carbocycles. The summed E-state index contributed by atoms with van der Waals surface area (Å²) < 4.78 is 0. The Balaban J connectivity index is 3.88. The summed E-state index contributed by atoms with van der Waals surface area (Å²) in [5.41, 5.74) is 4.63. The average molecular weight is 125 g/mol. The van der Waals surface area contributed by atoms with E-state index in [2.05, 4.69) is 11.7 Å². The van der Waals surface area contributed by atoms with Crippen molar-refractivity contribution in [3.8, 4) is 11.8 Å². The lowest BCUT2D eigenvalue weighted by Crippen LogP contribution is -2.07. The Bertz CT molecular complexity index is 185. The summed E-state index contributed by atoms with van der Waals surface area (Å²) in [5.74, 6) is 2.97. The molecule has 0 spiro atoms. The van der Waals surface area contributed by atoms with Crippen LogP contribution in [0.1, 0.15) is 13.3 Å². The smallest absolute Gasteiger partial charge is 0.293 e. The summed E-state index contributed by atoms with van der Waals surface area (Å²) in [5, 5.41) is 0. The van der Waals surface area contributed by atoms with E-state index in [1.165, 1.54) is 0 Å². The molecule has 0 saturated carbocycles. The first-order chi connectivity index (χ1) is 4.16. The lowest BCUT2D eigenvalue weighted by molar-refractivity contribution is -0.114. The zero-order valence-corrected chi connectivity index (χ0v) is 5.10. The van der Waals surface area contributed by atoms with Crippen molar-refractivity contribution in [1.82, 2.24) is 0 Å². The van der Waals surface area contributed by atoms with Crippen LogP contribution in [0, 0.1) is 11.8 Å². The summed E-state index contributed by atoms with van der Waals surface area (Å²) >= 11 is 0. The number of Topliss-reactive ketones (excluding diaryl/α,β-unsaturated/α-hetero) is 1. The van der Waals surface area contributed by atoms with Gasteiger partial charge in [0.05, 0.1) is 0 Å². The molecular formula is C6H7NO2. The third-order valence-corrected chi connectivity index (χ3v) is 0.646. The molecule has 0 fully saturated rings. The summed E-state index contributed by atoms with van der Waals surface area (Å²) in [6.45, 7) is 1.66. The molecule has 0 rings (SSSR count). The lowest BCUT2D eigenvalue weighted by atomic mass is 10.3. The summed E-state index contributed by atoms with van der Waals surface area (Å²) in [6, 6.07) is 0. The second-order valence-corrected chi connectivity index (χ2v) is 1.39. The third kappa shape index (κ3) is 4.56. The van der Waals surface area contributed by atoms with Crippen LogP contribution in [0.15, 0.2) is 0 Å². The van der Waals surface area contributed by atoms with Crippen LogP contribution in [0.2, 0.25) is 0 Å². The van der Waals surface area contributed by atoms with E-state index in [-0.39, 0.29) is 5.78 Å². The number of hydrogen-bond acceptors (Lipinski definition) is 2. The molecule has 0 atom stereocenters. The van der Waals surface area contributed by atoms with Gasteiger partial charge >= 0.3 is 0 Å². The van der Waals surface area contributed by atoms with Crippen LogP contribution in [0.4, 0.5) is 0 Å². The average Bonchev–Trinajstić information content (AvgIpc) is 1.83. The van der Waals surface area contributed by atoms with Gasteiger partial charge in [-0.1, -0.05) is 6.92 Å². The molecule has 0 aliphatic rings. The largest absolute Gasteiger partial charge is 0.359 e. The van der Waals surface area contributed by atoms with Crippen molar-refractivity contribution >= 4 is 11.7 Å². The minimum absolute atomic E-state index is 0.270.